The van der Waals surface area contributed by atoms with Gasteiger partial charge in [-0.15, -0.1) is 0 Å². The summed E-state index contributed by atoms with van der Waals surface area (Å²) in [6.45, 7) is 11.3. The predicted molar refractivity (Wildman–Crippen MR) is 105 cm³/mol. The van der Waals surface area contributed by atoms with Crippen molar-refractivity contribution in [3.05, 3.63) is 34.2 Å². The van der Waals surface area contributed by atoms with Gasteiger partial charge in [-0.1, -0.05) is 13.0 Å². The van der Waals surface area contributed by atoms with Crippen LogP contribution in [0.5, 0.6) is 0 Å². The van der Waals surface area contributed by atoms with Crippen molar-refractivity contribution in [3.8, 4) is 0 Å². The predicted octanol–water partition coefficient (Wildman–Crippen LogP) is 4.85. The Labute approximate surface area is 154 Å². The average molecular weight is 359 g/mol. The molecular weight excluding hydrogens is 332 g/mol. The zero-order chi connectivity index (χ0) is 18.5. The first-order valence-electron chi connectivity index (χ1n) is 8.76. The Morgan fingerprint density at radius 3 is 2.52 bits per heavy atom. The fourth-order valence-corrected chi connectivity index (χ4v) is 5.06. The number of imide groups is 1. The van der Waals surface area contributed by atoms with Gasteiger partial charge >= 0.3 is 0 Å². The van der Waals surface area contributed by atoms with Crippen LogP contribution in [-0.4, -0.2) is 34.7 Å². The first-order chi connectivity index (χ1) is 11.6. The van der Waals surface area contributed by atoms with Gasteiger partial charge in [-0.3, -0.25) is 14.5 Å². The SMILES string of the molecule is CC(C)N1c2ccc(/C=C3/SC(=O)N(C)C3=O)cc2[C@H](C)CC1(C)C. The molecule has 1 atom stereocenters. The minimum atomic E-state index is -0.217. The molecule has 5 heteroatoms. The van der Waals surface area contributed by atoms with E-state index in [0.29, 0.717) is 16.9 Å². The van der Waals surface area contributed by atoms with Crippen molar-refractivity contribution in [2.24, 2.45) is 0 Å². The van der Waals surface area contributed by atoms with Gasteiger partial charge in [0.05, 0.1) is 4.91 Å². The van der Waals surface area contributed by atoms with E-state index in [4.69, 9.17) is 0 Å². The largest absolute Gasteiger partial charge is 0.364 e. The molecule has 2 aliphatic heterocycles. The van der Waals surface area contributed by atoms with Crippen LogP contribution >= 0.6 is 11.8 Å². The van der Waals surface area contributed by atoms with E-state index in [1.54, 1.807) is 0 Å². The van der Waals surface area contributed by atoms with Crippen LogP contribution in [0.2, 0.25) is 0 Å². The van der Waals surface area contributed by atoms with Crippen molar-refractivity contribution in [1.29, 1.82) is 0 Å². The van der Waals surface area contributed by atoms with E-state index < -0.39 is 0 Å². The molecule has 1 aromatic carbocycles. The summed E-state index contributed by atoms with van der Waals surface area (Å²) in [4.78, 5) is 27.9. The number of carbonyl (C=O) groups is 2. The number of amides is 2. The van der Waals surface area contributed by atoms with E-state index in [0.717, 1.165) is 23.7 Å². The van der Waals surface area contributed by atoms with Crippen molar-refractivity contribution in [3.63, 3.8) is 0 Å². The maximum Gasteiger partial charge on any atom is 0.293 e. The third kappa shape index (κ3) is 3.10. The zero-order valence-corrected chi connectivity index (χ0v) is 16.6. The summed E-state index contributed by atoms with van der Waals surface area (Å²) < 4.78 is 0. The highest BCUT2D eigenvalue weighted by Gasteiger charge is 2.37. The lowest BCUT2D eigenvalue weighted by Gasteiger charge is -2.50. The highest BCUT2D eigenvalue weighted by molar-refractivity contribution is 8.18. The van der Waals surface area contributed by atoms with Crippen LogP contribution in [-0.2, 0) is 4.79 Å². The number of hydrogen-bond acceptors (Lipinski definition) is 4. The molecule has 1 fully saturated rings. The number of nitrogens with zero attached hydrogens (tertiary/aromatic N) is 2. The highest BCUT2D eigenvalue weighted by Crippen LogP contribution is 2.45. The first-order valence-corrected chi connectivity index (χ1v) is 9.58. The summed E-state index contributed by atoms with van der Waals surface area (Å²) in [7, 11) is 1.52. The molecular formula is C20H26N2O2S. The second-order valence-electron chi connectivity index (χ2n) is 7.94. The summed E-state index contributed by atoms with van der Waals surface area (Å²) >= 11 is 1.01. The van der Waals surface area contributed by atoms with Crippen LogP contribution in [0.15, 0.2) is 23.1 Å². The van der Waals surface area contributed by atoms with Gasteiger partial charge in [-0.2, -0.15) is 0 Å². The van der Waals surface area contributed by atoms with Gasteiger partial charge in [0.25, 0.3) is 11.1 Å². The average Bonchev–Trinajstić information content (AvgIpc) is 2.74. The lowest BCUT2D eigenvalue weighted by molar-refractivity contribution is -0.121. The lowest BCUT2D eigenvalue weighted by Crippen LogP contribution is -2.51. The highest BCUT2D eigenvalue weighted by atomic mass is 32.2. The lowest BCUT2D eigenvalue weighted by atomic mass is 9.79. The number of fused-ring (bicyclic) bond motifs is 1. The van der Waals surface area contributed by atoms with Crippen molar-refractivity contribution >= 4 is 34.7 Å². The van der Waals surface area contributed by atoms with Gasteiger partial charge in [0.2, 0.25) is 0 Å². The molecule has 0 radical (unpaired) electrons. The molecule has 0 aromatic heterocycles. The number of rotatable bonds is 2. The molecule has 25 heavy (non-hydrogen) atoms. The van der Waals surface area contributed by atoms with E-state index in [9.17, 15) is 9.59 Å². The van der Waals surface area contributed by atoms with E-state index in [-0.39, 0.29) is 16.7 Å². The van der Waals surface area contributed by atoms with Gasteiger partial charge in [0.1, 0.15) is 0 Å². The summed E-state index contributed by atoms with van der Waals surface area (Å²) in [5.74, 6) is 0.236. The van der Waals surface area contributed by atoms with Crippen LogP contribution in [0.3, 0.4) is 0 Å². The zero-order valence-electron chi connectivity index (χ0n) is 15.8. The van der Waals surface area contributed by atoms with Crippen molar-refractivity contribution in [2.75, 3.05) is 11.9 Å². The maximum atomic E-state index is 12.1. The standard InChI is InChI=1S/C20H26N2O2S/c1-12(2)22-16-8-7-14(9-15(16)13(3)11-20(22,4)5)10-17-18(23)21(6)19(24)25-17/h7-10,12-13H,11H2,1-6H3/b17-10+/t13-/m1/s1. The third-order valence-electron chi connectivity index (χ3n) is 5.10. The minimum absolute atomic E-state index is 0.118. The van der Waals surface area contributed by atoms with E-state index in [2.05, 4.69) is 51.7 Å². The smallest absolute Gasteiger partial charge is 0.293 e. The molecule has 0 N–H and O–H groups in total. The van der Waals surface area contributed by atoms with Gasteiger partial charge in [0, 0.05) is 24.3 Å². The summed E-state index contributed by atoms with van der Waals surface area (Å²) in [5.41, 5.74) is 3.69. The normalized spacial score (nSPS) is 24.4. The van der Waals surface area contributed by atoms with Gasteiger partial charge in [-0.25, -0.2) is 0 Å². The molecule has 3 rings (SSSR count). The molecule has 2 aliphatic rings. The van der Waals surface area contributed by atoms with Crippen molar-refractivity contribution < 1.29 is 9.59 Å². The quantitative estimate of drug-likeness (QED) is 0.708. The molecule has 4 nitrogen and oxygen atoms in total. The maximum absolute atomic E-state index is 12.1. The van der Waals surface area contributed by atoms with Crippen LogP contribution < -0.4 is 4.90 Å². The molecule has 2 heterocycles. The molecule has 134 valence electrons. The van der Waals surface area contributed by atoms with Crippen molar-refractivity contribution in [2.45, 2.75) is 58.5 Å². The Morgan fingerprint density at radius 2 is 1.96 bits per heavy atom. The summed E-state index contributed by atoms with van der Waals surface area (Å²) in [6.07, 6.45) is 2.92. The van der Waals surface area contributed by atoms with Gasteiger partial charge in [0.15, 0.2) is 0 Å². The molecule has 0 spiro atoms. The fraction of sp³-hybridized carbons (Fsp3) is 0.500. The van der Waals surface area contributed by atoms with Crippen molar-refractivity contribution in [1.82, 2.24) is 4.90 Å². The number of anilines is 1. The Kier molecular flexibility index (Phi) is 4.48. The number of carbonyl (C=O) groups excluding carboxylic acids is 2. The molecule has 1 aromatic rings. The fourth-order valence-electron chi connectivity index (χ4n) is 4.23. The second-order valence-corrected chi connectivity index (χ2v) is 8.93. The summed E-state index contributed by atoms with van der Waals surface area (Å²) in [6, 6.07) is 6.80. The van der Waals surface area contributed by atoms with Crippen LogP contribution in [0.25, 0.3) is 6.08 Å². The van der Waals surface area contributed by atoms with Crippen LogP contribution in [0, 0.1) is 0 Å². The van der Waals surface area contributed by atoms with Crippen LogP contribution in [0.1, 0.15) is 58.1 Å². The first kappa shape index (κ1) is 18.1. The van der Waals surface area contributed by atoms with Gasteiger partial charge < -0.3 is 4.90 Å². The molecule has 0 unspecified atom stereocenters. The van der Waals surface area contributed by atoms with E-state index in [1.807, 2.05) is 12.1 Å². The number of hydrogen-bond donors (Lipinski definition) is 0. The topological polar surface area (TPSA) is 40.6 Å². The third-order valence-corrected chi connectivity index (χ3v) is 6.06. The van der Waals surface area contributed by atoms with E-state index >= 15 is 0 Å². The Balaban J connectivity index is 2.02. The number of benzene rings is 1. The second kappa shape index (κ2) is 6.20. The molecule has 0 aliphatic carbocycles. The van der Waals surface area contributed by atoms with Crippen LogP contribution in [0.4, 0.5) is 10.5 Å². The Hall–Kier alpha value is -1.75. The van der Waals surface area contributed by atoms with Gasteiger partial charge in [-0.05, 0) is 81.1 Å². The number of thioether (sulfide) groups is 1. The van der Waals surface area contributed by atoms with E-state index in [1.165, 1.54) is 23.2 Å². The Bertz CT molecular complexity index is 767. The molecule has 2 amide bonds. The minimum Gasteiger partial charge on any atom is -0.364 e. The molecule has 1 saturated heterocycles. The molecule has 0 saturated carbocycles. The Morgan fingerprint density at radius 1 is 1.28 bits per heavy atom. The number of likely N-dealkylation sites (N-methyl/N-ethyl adjacent to an activating group) is 1. The monoisotopic (exact) mass is 358 g/mol. The summed E-state index contributed by atoms with van der Waals surface area (Å²) in [5, 5.41) is -0.213. The molecule has 0 bridgehead atoms.